The molecule has 0 unspecified atom stereocenters. The fourth-order valence-corrected chi connectivity index (χ4v) is 2.78. The van der Waals surface area contributed by atoms with Gasteiger partial charge in [0.1, 0.15) is 0 Å². The molecule has 1 amide bonds. The first-order valence-corrected chi connectivity index (χ1v) is 6.95. The van der Waals surface area contributed by atoms with Gasteiger partial charge in [0.15, 0.2) is 0 Å². The van der Waals surface area contributed by atoms with Crippen LogP contribution in [-0.2, 0) is 22.6 Å². The Morgan fingerprint density at radius 2 is 2.05 bits per heavy atom. The van der Waals surface area contributed by atoms with Crippen molar-refractivity contribution in [2.45, 2.75) is 19.5 Å². The summed E-state index contributed by atoms with van der Waals surface area (Å²) >= 11 is 0. The standard InChI is InChI=1S/C15H20N2O2/c18-15(16-7-12-5-6-19-11-12)10-17-8-13-3-1-2-4-14(13)9-17/h1-4,12H,5-11H2,(H,16,18)/t12-/m0/s1. The van der Waals surface area contributed by atoms with Crippen LogP contribution in [0, 0.1) is 5.92 Å². The predicted molar refractivity (Wildman–Crippen MR) is 72.5 cm³/mol. The molecular weight excluding hydrogens is 240 g/mol. The van der Waals surface area contributed by atoms with E-state index < -0.39 is 0 Å². The van der Waals surface area contributed by atoms with Crippen molar-refractivity contribution in [3.63, 3.8) is 0 Å². The Kier molecular flexibility index (Phi) is 3.80. The van der Waals surface area contributed by atoms with Gasteiger partial charge in [-0.25, -0.2) is 0 Å². The topological polar surface area (TPSA) is 41.6 Å². The summed E-state index contributed by atoms with van der Waals surface area (Å²) < 4.78 is 5.30. The summed E-state index contributed by atoms with van der Waals surface area (Å²) in [5.41, 5.74) is 2.69. The minimum Gasteiger partial charge on any atom is -0.381 e. The van der Waals surface area contributed by atoms with Gasteiger partial charge in [-0.3, -0.25) is 9.69 Å². The molecule has 19 heavy (non-hydrogen) atoms. The van der Waals surface area contributed by atoms with E-state index in [-0.39, 0.29) is 5.91 Å². The summed E-state index contributed by atoms with van der Waals surface area (Å²) in [5.74, 6) is 0.624. The van der Waals surface area contributed by atoms with Crippen LogP contribution in [0.3, 0.4) is 0 Å². The molecule has 4 nitrogen and oxygen atoms in total. The van der Waals surface area contributed by atoms with Crippen LogP contribution < -0.4 is 5.32 Å². The minimum absolute atomic E-state index is 0.125. The van der Waals surface area contributed by atoms with Crippen LogP contribution in [0.2, 0.25) is 0 Å². The van der Waals surface area contributed by atoms with Gasteiger partial charge in [0.05, 0.1) is 13.2 Å². The van der Waals surface area contributed by atoms with E-state index in [4.69, 9.17) is 4.74 Å². The lowest BCUT2D eigenvalue weighted by atomic mass is 10.1. The molecule has 1 saturated heterocycles. The average Bonchev–Trinajstić information content (AvgIpc) is 3.04. The van der Waals surface area contributed by atoms with E-state index in [2.05, 4.69) is 34.5 Å². The molecule has 4 heteroatoms. The molecule has 0 saturated carbocycles. The number of carbonyl (C=O) groups is 1. The van der Waals surface area contributed by atoms with Crippen molar-refractivity contribution in [1.29, 1.82) is 0 Å². The van der Waals surface area contributed by atoms with Crippen molar-refractivity contribution in [3.8, 4) is 0 Å². The zero-order valence-corrected chi connectivity index (χ0v) is 11.1. The van der Waals surface area contributed by atoms with E-state index >= 15 is 0 Å². The number of carbonyl (C=O) groups excluding carboxylic acids is 1. The highest BCUT2D eigenvalue weighted by atomic mass is 16.5. The highest BCUT2D eigenvalue weighted by Gasteiger charge is 2.21. The zero-order chi connectivity index (χ0) is 13.1. The van der Waals surface area contributed by atoms with Crippen LogP contribution in [0.4, 0.5) is 0 Å². The van der Waals surface area contributed by atoms with Gasteiger partial charge in [0.2, 0.25) is 5.91 Å². The molecular formula is C15H20N2O2. The molecule has 2 aliphatic rings. The molecule has 0 aliphatic carbocycles. The van der Waals surface area contributed by atoms with Crippen molar-refractivity contribution in [1.82, 2.24) is 10.2 Å². The first-order chi connectivity index (χ1) is 9.31. The van der Waals surface area contributed by atoms with Gasteiger partial charge >= 0.3 is 0 Å². The third-order valence-electron chi connectivity index (χ3n) is 3.89. The maximum absolute atomic E-state index is 11.9. The summed E-state index contributed by atoms with van der Waals surface area (Å²) in [6.45, 7) is 4.63. The number of hydrogen-bond donors (Lipinski definition) is 1. The number of ether oxygens (including phenoxy) is 1. The van der Waals surface area contributed by atoms with E-state index in [9.17, 15) is 4.79 Å². The minimum atomic E-state index is 0.125. The molecule has 0 bridgehead atoms. The van der Waals surface area contributed by atoms with Crippen molar-refractivity contribution >= 4 is 5.91 Å². The number of benzene rings is 1. The number of fused-ring (bicyclic) bond motifs is 1. The zero-order valence-electron chi connectivity index (χ0n) is 11.1. The Bertz CT molecular complexity index is 430. The van der Waals surface area contributed by atoms with Gasteiger partial charge in [0, 0.05) is 32.2 Å². The SMILES string of the molecule is O=C(CN1Cc2ccccc2C1)NC[C@@H]1CCOC1. The Balaban J connectivity index is 1.44. The Hall–Kier alpha value is -1.39. The van der Waals surface area contributed by atoms with Crippen LogP contribution in [0.5, 0.6) is 0 Å². The smallest absolute Gasteiger partial charge is 0.234 e. The molecule has 1 N–H and O–H groups in total. The Labute approximate surface area is 113 Å². The van der Waals surface area contributed by atoms with E-state index in [1.54, 1.807) is 0 Å². The van der Waals surface area contributed by atoms with Gasteiger partial charge in [-0.05, 0) is 17.5 Å². The van der Waals surface area contributed by atoms with Gasteiger partial charge < -0.3 is 10.1 Å². The third-order valence-corrected chi connectivity index (χ3v) is 3.89. The van der Waals surface area contributed by atoms with Crippen molar-refractivity contribution in [3.05, 3.63) is 35.4 Å². The van der Waals surface area contributed by atoms with E-state index in [1.807, 2.05) is 0 Å². The first kappa shape index (κ1) is 12.6. The summed E-state index contributed by atoms with van der Waals surface area (Å²) in [6, 6.07) is 8.40. The number of nitrogens with zero attached hydrogens (tertiary/aromatic N) is 1. The van der Waals surface area contributed by atoms with Crippen LogP contribution >= 0.6 is 0 Å². The highest BCUT2D eigenvalue weighted by molar-refractivity contribution is 5.78. The molecule has 1 aromatic rings. The Morgan fingerprint density at radius 1 is 1.32 bits per heavy atom. The molecule has 0 aromatic heterocycles. The van der Waals surface area contributed by atoms with Crippen LogP contribution in [0.25, 0.3) is 0 Å². The van der Waals surface area contributed by atoms with Crippen LogP contribution in [-0.4, -0.2) is 37.1 Å². The second-order valence-corrected chi connectivity index (χ2v) is 5.45. The summed E-state index contributed by atoms with van der Waals surface area (Å²) in [4.78, 5) is 14.1. The predicted octanol–water partition coefficient (Wildman–Crippen LogP) is 1.15. The molecule has 2 aliphatic heterocycles. The quantitative estimate of drug-likeness (QED) is 0.883. The number of hydrogen-bond acceptors (Lipinski definition) is 3. The van der Waals surface area contributed by atoms with E-state index in [0.29, 0.717) is 12.5 Å². The van der Waals surface area contributed by atoms with Crippen molar-refractivity contribution in [2.75, 3.05) is 26.3 Å². The molecule has 0 radical (unpaired) electrons. The molecule has 2 heterocycles. The Morgan fingerprint density at radius 3 is 2.68 bits per heavy atom. The number of amides is 1. The largest absolute Gasteiger partial charge is 0.381 e. The van der Waals surface area contributed by atoms with Gasteiger partial charge in [-0.15, -0.1) is 0 Å². The second kappa shape index (κ2) is 5.72. The van der Waals surface area contributed by atoms with Crippen LogP contribution in [0.1, 0.15) is 17.5 Å². The van der Waals surface area contributed by atoms with Crippen molar-refractivity contribution < 1.29 is 9.53 Å². The molecule has 3 rings (SSSR count). The fourth-order valence-electron chi connectivity index (χ4n) is 2.78. The maximum Gasteiger partial charge on any atom is 0.234 e. The van der Waals surface area contributed by atoms with Gasteiger partial charge in [-0.1, -0.05) is 24.3 Å². The summed E-state index contributed by atoms with van der Waals surface area (Å²) in [7, 11) is 0. The fraction of sp³-hybridized carbons (Fsp3) is 0.533. The number of nitrogens with one attached hydrogen (secondary N) is 1. The monoisotopic (exact) mass is 260 g/mol. The average molecular weight is 260 g/mol. The molecule has 102 valence electrons. The number of rotatable bonds is 4. The van der Waals surface area contributed by atoms with Gasteiger partial charge in [-0.2, -0.15) is 0 Å². The molecule has 1 fully saturated rings. The second-order valence-electron chi connectivity index (χ2n) is 5.45. The van der Waals surface area contributed by atoms with Crippen LogP contribution in [0.15, 0.2) is 24.3 Å². The van der Waals surface area contributed by atoms with E-state index in [0.717, 1.165) is 39.3 Å². The first-order valence-electron chi connectivity index (χ1n) is 6.95. The lowest BCUT2D eigenvalue weighted by molar-refractivity contribution is -0.122. The lowest BCUT2D eigenvalue weighted by Gasteiger charge is -2.15. The molecule has 1 atom stereocenters. The third kappa shape index (κ3) is 3.14. The maximum atomic E-state index is 11.9. The molecule has 0 spiro atoms. The normalized spacial score (nSPS) is 22.4. The molecule has 1 aromatic carbocycles. The van der Waals surface area contributed by atoms with Crippen molar-refractivity contribution in [2.24, 2.45) is 5.92 Å². The van der Waals surface area contributed by atoms with E-state index in [1.165, 1.54) is 11.1 Å². The summed E-state index contributed by atoms with van der Waals surface area (Å²) in [6.07, 6.45) is 1.06. The van der Waals surface area contributed by atoms with Gasteiger partial charge in [0.25, 0.3) is 0 Å². The summed E-state index contributed by atoms with van der Waals surface area (Å²) in [5, 5.41) is 3.02. The highest BCUT2D eigenvalue weighted by Crippen LogP contribution is 2.21. The lowest BCUT2D eigenvalue weighted by Crippen LogP contribution is -2.37.